The van der Waals surface area contributed by atoms with Crippen molar-refractivity contribution in [2.75, 3.05) is 13.1 Å². The molecule has 0 amide bonds. The molecule has 0 bridgehead atoms. The number of benzene rings is 1. The van der Waals surface area contributed by atoms with Crippen LogP contribution in [0.15, 0.2) is 18.2 Å². The van der Waals surface area contributed by atoms with Crippen LogP contribution in [0.3, 0.4) is 0 Å². The molecule has 4 heteroatoms. The van der Waals surface area contributed by atoms with Gasteiger partial charge in [0.25, 0.3) is 0 Å². The third-order valence-electron chi connectivity index (χ3n) is 4.58. The molecule has 1 aromatic heterocycles. The van der Waals surface area contributed by atoms with Gasteiger partial charge in [-0.05, 0) is 45.4 Å². The lowest BCUT2D eigenvalue weighted by molar-refractivity contribution is 0.394. The molecule has 1 aromatic carbocycles. The van der Waals surface area contributed by atoms with Gasteiger partial charge in [0.1, 0.15) is 11.3 Å². The van der Waals surface area contributed by atoms with Crippen molar-refractivity contribution >= 4 is 11.0 Å². The Morgan fingerprint density at radius 1 is 1.45 bits per heavy atom. The molecule has 2 heterocycles. The molecule has 1 unspecified atom stereocenters. The van der Waals surface area contributed by atoms with Crippen LogP contribution in [0.4, 0.5) is 4.39 Å². The van der Waals surface area contributed by atoms with Crippen molar-refractivity contribution in [1.29, 1.82) is 0 Å². The zero-order valence-corrected chi connectivity index (χ0v) is 12.4. The molecule has 108 valence electrons. The van der Waals surface area contributed by atoms with Gasteiger partial charge in [-0.1, -0.05) is 13.0 Å². The van der Waals surface area contributed by atoms with E-state index in [2.05, 4.69) is 30.7 Å². The van der Waals surface area contributed by atoms with Crippen molar-refractivity contribution in [1.82, 2.24) is 14.9 Å². The van der Waals surface area contributed by atoms with E-state index in [1.807, 2.05) is 6.07 Å². The molecule has 1 aliphatic heterocycles. The second kappa shape index (κ2) is 4.85. The zero-order chi connectivity index (χ0) is 14.3. The van der Waals surface area contributed by atoms with Crippen LogP contribution in [-0.2, 0) is 5.41 Å². The number of hydrogen-bond acceptors (Lipinski definition) is 2. The van der Waals surface area contributed by atoms with Crippen LogP contribution in [0.5, 0.6) is 0 Å². The lowest BCUT2D eigenvalue weighted by Crippen LogP contribution is -2.32. The molecule has 0 spiro atoms. The minimum atomic E-state index is -0.222. The monoisotopic (exact) mass is 275 g/mol. The quantitative estimate of drug-likeness (QED) is 0.930. The first-order chi connectivity index (χ1) is 9.59. The largest absolute Gasteiger partial charge is 0.325 e. The third-order valence-corrected chi connectivity index (χ3v) is 4.58. The molecule has 3 rings (SSSR count). The van der Waals surface area contributed by atoms with Gasteiger partial charge in [0, 0.05) is 18.0 Å². The van der Waals surface area contributed by atoms with Gasteiger partial charge in [-0.15, -0.1) is 0 Å². The first-order valence-corrected chi connectivity index (χ1v) is 7.47. The van der Waals surface area contributed by atoms with E-state index in [0.29, 0.717) is 5.52 Å². The molecule has 0 saturated carbocycles. The number of nitrogens with zero attached hydrogens (tertiary/aromatic N) is 2. The fraction of sp³-hybridized carbons (Fsp3) is 0.562. The molecule has 2 aromatic rings. The number of hydrogen-bond donors (Lipinski definition) is 1. The number of para-hydroxylation sites is 1. The van der Waals surface area contributed by atoms with Crippen LogP contribution in [0.1, 0.15) is 45.5 Å². The first kappa shape index (κ1) is 13.6. The standard InChI is InChI=1S/C16H22FN3/c1-4-16(8-9-18-10-16)15-19-14-12(17)6-5-7-13(14)20(15)11(2)3/h5-7,11,18H,4,8-10H2,1-3H3. The highest BCUT2D eigenvalue weighted by atomic mass is 19.1. The molecular formula is C16H22FN3. The van der Waals surface area contributed by atoms with Crippen molar-refractivity contribution in [2.24, 2.45) is 0 Å². The minimum Gasteiger partial charge on any atom is -0.325 e. The predicted molar refractivity (Wildman–Crippen MR) is 79.5 cm³/mol. The molecule has 3 nitrogen and oxygen atoms in total. The van der Waals surface area contributed by atoms with Crippen LogP contribution in [0, 0.1) is 5.82 Å². The number of halogens is 1. The van der Waals surface area contributed by atoms with Crippen molar-refractivity contribution in [3.63, 3.8) is 0 Å². The summed E-state index contributed by atoms with van der Waals surface area (Å²) in [5, 5.41) is 3.44. The fourth-order valence-electron chi connectivity index (χ4n) is 3.37. The van der Waals surface area contributed by atoms with Crippen LogP contribution in [0.2, 0.25) is 0 Å². The summed E-state index contributed by atoms with van der Waals surface area (Å²) in [6.45, 7) is 8.43. The molecule has 1 N–H and O–H groups in total. The Kier molecular flexibility index (Phi) is 3.28. The molecule has 20 heavy (non-hydrogen) atoms. The Balaban J connectivity index is 2.29. The van der Waals surface area contributed by atoms with Gasteiger partial charge in [-0.25, -0.2) is 9.37 Å². The average Bonchev–Trinajstić information content (AvgIpc) is 3.04. The first-order valence-electron chi connectivity index (χ1n) is 7.47. The molecule has 1 fully saturated rings. The maximum atomic E-state index is 14.1. The SMILES string of the molecule is CCC1(c2nc3c(F)cccc3n2C(C)C)CCNC1. The summed E-state index contributed by atoms with van der Waals surface area (Å²) in [4.78, 5) is 4.71. The van der Waals surface area contributed by atoms with Gasteiger partial charge in [0.2, 0.25) is 0 Å². The van der Waals surface area contributed by atoms with E-state index in [1.165, 1.54) is 6.07 Å². The minimum absolute atomic E-state index is 0.0374. The Labute approximate surface area is 119 Å². The second-order valence-corrected chi connectivity index (χ2v) is 6.07. The van der Waals surface area contributed by atoms with Crippen LogP contribution in [-0.4, -0.2) is 22.6 Å². The number of nitrogens with one attached hydrogen (secondary N) is 1. The number of rotatable bonds is 3. The van der Waals surface area contributed by atoms with Crippen molar-refractivity contribution in [2.45, 2.75) is 45.1 Å². The Bertz CT molecular complexity index is 624. The van der Waals surface area contributed by atoms with Crippen LogP contribution >= 0.6 is 0 Å². The van der Waals surface area contributed by atoms with E-state index in [0.717, 1.165) is 37.3 Å². The van der Waals surface area contributed by atoms with Crippen molar-refractivity contribution in [3.8, 4) is 0 Å². The number of fused-ring (bicyclic) bond motifs is 1. The second-order valence-electron chi connectivity index (χ2n) is 6.07. The van der Waals surface area contributed by atoms with Crippen LogP contribution in [0.25, 0.3) is 11.0 Å². The Hall–Kier alpha value is -1.42. The summed E-state index contributed by atoms with van der Waals surface area (Å²) >= 11 is 0. The fourth-order valence-corrected chi connectivity index (χ4v) is 3.37. The van der Waals surface area contributed by atoms with E-state index in [-0.39, 0.29) is 17.3 Å². The van der Waals surface area contributed by atoms with E-state index in [1.54, 1.807) is 6.07 Å². The number of aromatic nitrogens is 2. The Morgan fingerprint density at radius 2 is 2.25 bits per heavy atom. The van der Waals surface area contributed by atoms with Gasteiger partial charge >= 0.3 is 0 Å². The highest BCUT2D eigenvalue weighted by Gasteiger charge is 2.39. The molecule has 0 radical (unpaired) electrons. The average molecular weight is 275 g/mol. The molecule has 1 aliphatic rings. The summed E-state index contributed by atoms with van der Waals surface area (Å²) in [5.74, 6) is 0.820. The number of imidazole rings is 1. The molecule has 1 atom stereocenters. The highest BCUT2D eigenvalue weighted by molar-refractivity contribution is 5.77. The summed E-state index contributed by atoms with van der Waals surface area (Å²) in [6.07, 6.45) is 2.10. The lowest BCUT2D eigenvalue weighted by Gasteiger charge is -2.28. The summed E-state index contributed by atoms with van der Waals surface area (Å²) in [7, 11) is 0. The van der Waals surface area contributed by atoms with Gasteiger partial charge in [-0.2, -0.15) is 0 Å². The smallest absolute Gasteiger partial charge is 0.151 e. The predicted octanol–water partition coefficient (Wildman–Crippen LogP) is 3.40. The molecule has 0 aliphatic carbocycles. The van der Waals surface area contributed by atoms with Gasteiger partial charge < -0.3 is 9.88 Å². The maximum Gasteiger partial charge on any atom is 0.151 e. The van der Waals surface area contributed by atoms with Gasteiger partial charge in [0.15, 0.2) is 5.82 Å². The van der Waals surface area contributed by atoms with Crippen molar-refractivity contribution < 1.29 is 4.39 Å². The molecular weight excluding hydrogens is 253 g/mol. The van der Waals surface area contributed by atoms with E-state index >= 15 is 0 Å². The third kappa shape index (κ3) is 1.85. The topological polar surface area (TPSA) is 29.9 Å². The van der Waals surface area contributed by atoms with E-state index < -0.39 is 0 Å². The van der Waals surface area contributed by atoms with Crippen LogP contribution < -0.4 is 5.32 Å². The van der Waals surface area contributed by atoms with Gasteiger partial charge in [0.05, 0.1) is 5.52 Å². The zero-order valence-electron chi connectivity index (χ0n) is 12.4. The summed E-state index contributed by atoms with van der Waals surface area (Å²) < 4.78 is 16.3. The Morgan fingerprint density at radius 3 is 2.85 bits per heavy atom. The van der Waals surface area contributed by atoms with E-state index in [4.69, 9.17) is 4.98 Å². The van der Waals surface area contributed by atoms with Gasteiger partial charge in [-0.3, -0.25) is 0 Å². The molecule has 1 saturated heterocycles. The van der Waals surface area contributed by atoms with Crippen molar-refractivity contribution in [3.05, 3.63) is 29.8 Å². The summed E-state index contributed by atoms with van der Waals surface area (Å²) in [5.41, 5.74) is 1.46. The normalized spacial score (nSPS) is 23.1. The van der Waals surface area contributed by atoms with E-state index in [9.17, 15) is 4.39 Å². The highest BCUT2D eigenvalue weighted by Crippen LogP contribution is 2.37. The summed E-state index contributed by atoms with van der Waals surface area (Å²) in [6, 6.07) is 5.52. The maximum absolute atomic E-state index is 14.1. The lowest BCUT2D eigenvalue weighted by atomic mass is 9.83.